The molecule has 0 aromatic carbocycles. The summed E-state index contributed by atoms with van der Waals surface area (Å²) in [4.78, 5) is 14.4. The second-order valence-electron chi connectivity index (χ2n) is 3.82. The number of aromatic nitrogens is 1. The summed E-state index contributed by atoms with van der Waals surface area (Å²) in [7, 11) is 0. The SMILES string of the molecule is CC(C)(CC(=O)O)c1ccc(F)cn1. The average molecular weight is 197 g/mol. The molecule has 0 fully saturated rings. The molecule has 14 heavy (non-hydrogen) atoms. The maximum Gasteiger partial charge on any atom is 0.304 e. The van der Waals surface area contributed by atoms with Crippen LogP contribution in [0, 0.1) is 5.82 Å². The molecular weight excluding hydrogens is 185 g/mol. The summed E-state index contributed by atoms with van der Waals surface area (Å²) in [6, 6.07) is 2.80. The number of rotatable bonds is 3. The molecule has 0 saturated heterocycles. The van der Waals surface area contributed by atoms with E-state index in [9.17, 15) is 9.18 Å². The molecule has 0 atom stereocenters. The van der Waals surface area contributed by atoms with Gasteiger partial charge in [-0.2, -0.15) is 0 Å². The van der Waals surface area contributed by atoms with Crippen LogP contribution in [0.15, 0.2) is 18.3 Å². The number of hydrogen-bond donors (Lipinski definition) is 1. The van der Waals surface area contributed by atoms with Crippen LogP contribution in [0.3, 0.4) is 0 Å². The van der Waals surface area contributed by atoms with Gasteiger partial charge < -0.3 is 5.11 Å². The van der Waals surface area contributed by atoms with Gasteiger partial charge in [0.05, 0.1) is 12.6 Å². The summed E-state index contributed by atoms with van der Waals surface area (Å²) in [6.45, 7) is 3.53. The first kappa shape index (κ1) is 10.6. The summed E-state index contributed by atoms with van der Waals surface area (Å²) in [5.41, 5.74) is 0.0146. The van der Waals surface area contributed by atoms with Gasteiger partial charge in [-0.05, 0) is 12.1 Å². The second-order valence-corrected chi connectivity index (χ2v) is 3.82. The number of pyridine rings is 1. The fraction of sp³-hybridized carbons (Fsp3) is 0.400. The Labute approximate surface area is 81.6 Å². The van der Waals surface area contributed by atoms with Crippen LogP contribution in [-0.4, -0.2) is 16.1 Å². The molecule has 0 spiro atoms. The van der Waals surface area contributed by atoms with E-state index in [1.165, 1.54) is 12.1 Å². The summed E-state index contributed by atoms with van der Waals surface area (Å²) in [5.74, 6) is -1.30. The number of carboxylic acids is 1. The van der Waals surface area contributed by atoms with Crippen molar-refractivity contribution < 1.29 is 14.3 Å². The lowest BCUT2D eigenvalue weighted by atomic mass is 9.85. The Kier molecular flexibility index (Phi) is 2.84. The quantitative estimate of drug-likeness (QED) is 0.805. The van der Waals surface area contributed by atoms with E-state index in [2.05, 4.69) is 4.98 Å². The topological polar surface area (TPSA) is 50.2 Å². The third-order valence-corrected chi connectivity index (χ3v) is 2.01. The zero-order valence-corrected chi connectivity index (χ0v) is 8.12. The lowest BCUT2D eigenvalue weighted by molar-refractivity contribution is -0.138. The zero-order chi connectivity index (χ0) is 10.8. The summed E-state index contributed by atoms with van der Waals surface area (Å²) < 4.78 is 12.6. The van der Waals surface area contributed by atoms with Gasteiger partial charge in [0.1, 0.15) is 5.82 Å². The van der Waals surface area contributed by atoms with Crippen LogP contribution in [0.1, 0.15) is 26.0 Å². The second kappa shape index (κ2) is 3.74. The molecule has 76 valence electrons. The molecular formula is C10H12FNO2. The van der Waals surface area contributed by atoms with Crippen LogP contribution in [0.4, 0.5) is 4.39 Å². The summed E-state index contributed by atoms with van der Waals surface area (Å²) >= 11 is 0. The number of carbonyl (C=O) groups is 1. The fourth-order valence-electron chi connectivity index (χ4n) is 1.24. The van der Waals surface area contributed by atoms with E-state index in [1.54, 1.807) is 13.8 Å². The Balaban J connectivity index is 2.91. The van der Waals surface area contributed by atoms with Crippen molar-refractivity contribution in [1.29, 1.82) is 0 Å². The number of aliphatic carboxylic acids is 1. The van der Waals surface area contributed by atoms with Gasteiger partial charge in [-0.25, -0.2) is 4.39 Å². The maximum absolute atomic E-state index is 12.6. The molecule has 1 aromatic rings. The minimum absolute atomic E-state index is 0.0222. The number of nitrogens with zero attached hydrogens (tertiary/aromatic N) is 1. The molecule has 0 aliphatic heterocycles. The van der Waals surface area contributed by atoms with E-state index in [0.717, 1.165) is 6.20 Å². The Morgan fingerprint density at radius 3 is 2.64 bits per heavy atom. The van der Waals surface area contributed by atoms with Crippen LogP contribution in [0.5, 0.6) is 0 Å². The van der Waals surface area contributed by atoms with Crippen LogP contribution in [-0.2, 0) is 10.2 Å². The van der Waals surface area contributed by atoms with Crippen molar-refractivity contribution >= 4 is 5.97 Å². The molecule has 4 heteroatoms. The van der Waals surface area contributed by atoms with Gasteiger partial charge in [-0.1, -0.05) is 13.8 Å². The van der Waals surface area contributed by atoms with Crippen molar-refractivity contribution in [1.82, 2.24) is 4.98 Å². The Hall–Kier alpha value is -1.45. The molecule has 0 bridgehead atoms. The van der Waals surface area contributed by atoms with Crippen molar-refractivity contribution in [2.45, 2.75) is 25.7 Å². The largest absolute Gasteiger partial charge is 0.481 e. The van der Waals surface area contributed by atoms with Gasteiger partial charge in [0.25, 0.3) is 0 Å². The fourth-order valence-corrected chi connectivity index (χ4v) is 1.24. The number of carboxylic acid groups (broad SMARTS) is 1. The molecule has 1 heterocycles. The zero-order valence-electron chi connectivity index (χ0n) is 8.12. The van der Waals surface area contributed by atoms with Crippen LogP contribution < -0.4 is 0 Å². The van der Waals surface area contributed by atoms with Crippen molar-refractivity contribution in [2.24, 2.45) is 0 Å². The molecule has 1 rings (SSSR count). The van der Waals surface area contributed by atoms with Gasteiger partial charge >= 0.3 is 5.97 Å². The van der Waals surface area contributed by atoms with Gasteiger partial charge in [0.15, 0.2) is 0 Å². The minimum atomic E-state index is -0.888. The highest BCUT2D eigenvalue weighted by molar-refractivity contribution is 5.68. The lowest BCUT2D eigenvalue weighted by Crippen LogP contribution is -2.22. The molecule has 1 N–H and O–H groups in total. The molecule has 0 aliphatic rings. The van der Waals surface area contributed by atoms with E-state index in [0.29, 0.717) is 5.69 Å². The Morgan fingerprint density at radius 1 is 1.57 bits per heavy atom. The normalized spacial score (nSPS) is 11.4. The summed E-state index contributed by atoms with van der Waals surface area (Å²) in [6.07, 6.45) is 1.07. The minimum Gasteiger partial charge on any atom is -0.481 e. The van der Waals surface area contributed by atoms with E-state index >= 15 is 0 Å². The first-order valence-corrected chi connectivity index (χ1v) is 4.25. The van der Waals surface area contributed by atoms with E-state index in [4.69, 9.17) is 5.11 Å². The van der Waals surface area contributed by atoms with Crippen molar-refractivity contribution in [3.63, 3.8) is 0 Å². The number of hydrogen-bond acceptors (Lipinski definition) is 2. The standard InChI is InChI=1S/C10H12FNO2/c1-10(2,5-9(13)14)8-4-3-7(11)6-12-8/h3-4,6H,5H2,1-2H3,(H,13,14). The molecule has 0 radical (unpaired) electrons. The van der Waals surface area contributed by atoms with Gasteiger partial charge in [0.2, 0.25) is 0 Å². The lowest BCUT2D eigenvalue weighted by Gasteiger charge is -2.21. The highest BCUT2D eigenvalue weighted by atomic mass is 19.1. The molecule has 0 unspecified atom stereocenters. The molecule has 0 amide bonds. The highest BCUT2D eigenvalue weighted by Gasteiger charge is 2.25. The predicted octanol–water partition coefficient (Wildman–Crippen LogP) is 1.97. The monoisotopic (exact) mass is 197 g/mol. The smallest absolute Gasteiger partial charge is 0.304 e. The average Bonchev–Trinajstić information content (AvgIpc) is 2.02. The van der Waals surface area contributed by atoms with Gasteiger partial charge in [-0.3, -0.25) is 9.78 Å². The van der Waals surface area contributed by atoms with Gasteiger partial charge in [-0.15, -0.1) is 0 Å². The first-order chi connectivity index (χ1) is 6.42. The van der Waals surface area contributed by atoms with Crippen LogP contribution >= 0.6 is 0 Å². The molecule has 1 aromatic heterocycles. The predicted molar refractivity (Wildman–Crippen MR) is 49.5 cm³/mol. The summed E-state index contributed by atoms with van der Waals surface area (Å²) in [5, 5.41) is 8.66. The molecule has 0 saturated carbocycles. The highest BCUT2D eigenvalue weighted by Crippen LogP contribution is 2.24. The van der Waals surface area contributed by atoms with Crippen LogP contribution in [0.25, 0.3) is 0 Å². The van der Waals surface area contributed by atoms with Crippen LogP contribution in [0.2, 0.25) is 0 Å². The Morgan fingerprint density at radius 2 is 2.21 bits per heavy atom. The molecule has 3 nitrogen and oxygen atoms in total. The van der Waals surface area contributed by atoms with Crippen molar-refractivity contribution in [2.75, 3.05) is 0 Å². The van der Waals surface area contributed by atoms with E-state index in [1.807, 2.05) is 0 Å². The third kappa shape index (κ3) is 2.52. The van der Waals surface area contributed by atoms with Crippen molar-refractivity contribution in [3.05, 3.63) is 29.8 Å². The number of halogens is 1. The maximum atomic E-state index is 12.6. The van der Waals surface area contributed by atoms with Gasteiger partial charge in [0, 0.05) is 11.1 Å². The third-order valence-electron chi connectivity index (χ3n) is 2.01. The van der Waals surface area contributed by atoms with Crippen molar-refractivity contribution in [3.8, 4) is 0 Å². The Bertz CT molecular complexity index is 332. The first-order valence-electron chi connectivity index (χ1n) is 4.25. The molecule has 0 aliphatic carbocycles. The van der Waals surface area contributed by atoms with E-state index < -0.39 is 17.2 Å². The van der Waals surface area contributed by atoms with E-state index in [-0.39, 0.29) is 6.42 Å².